The highest BCUT2D eigenvalue weighted by Crippen LogP contribution is 2.28. The van der Waals surface area contributed by atoms with E-state index in [1.165, 1.54) is 18.2 Å². The molecule has 0 aromatic heterocycles. The number of carbonyl (C=O) groups excluding carboxylic acids is 1. The molecule has 8 heteroatoms. The van der Waals surface area contributed by atoms with Crippen molar-refractivity contribution < 1.29 is 17.9 Å². The molecule has 1 amide bonds. The summed E-state index contributed by atoms with van der Waals surface area (Å²) in [5, 5.41) is 2.85. The van der Waals surface area contributed by atoms with E-state index in [-0.39, 0.29) is 28.2 Å². The smallest absolute Gasteiger partial charge is 0.257 e. The summed E-state index contributed by atoms with van der Waals surface area (Å²) in [6.07, 6.45) is 0. The summed E-state index contributed by atoms with van der Waals surface area (Å²) in [5.41, 5.74) is 0.851. The molecule has 0 radical (unpaired) electrons. The fourth-order valence-electron chi connectivity index (χ4n) is 2.39. The molecule has 0 spiro atoms. The van der Waals surface area contributed by atoms with Gasteiger partial charge in [0, 0.05) is 12.6 Å². The molecule has 2 N–H and O–H groups in total. The van der Waals surface area contributed by atoms with Crippen LogP contribution in [0.15, 0.2) is 53.4 Å². The number of hydrogen-bond acceptors (Lipinski definition) is 4. The van der Waals surface area contributed by atoms with Crippen LogP contribution in [0.25, 0.3) is 0 Å². The van der Waals surface area contributed by atoms with Crippen molar-refractivity contribution in [1.29, 1.82) is 0 Å². The third kappa shape index (κ3) is 6.51. The van der Waals surface area contributed by atoms with Crippen molar-refractivity contribution >= 4 is 27.5 Å². The molecule has 0 saturated heterocycles. The van der Waals surface area contributed by atoms with E-state index >= 15 is 0 Å². The standard InChI is InChI=1S/C20H25ClN2O4S/c1-14(2)12-22-20(24)13-27-19-10-9-17(11-18(19)21)28(25,26)23-15(3)16-7-5-4-6-8-16/h4-11,14-15,23H,12-13H2,1-3H3,(H,22,24)/t15-/m0/s1. The van der Waals surface area contributed by atoms with Gasteiger partial charge in [0.05, 0.1) is 9.92 Å². The second-order valence-corrected chi connectivity index (χ2v) is 8.95. The predicted octanol–water partition coefficient (Wildman–Crippen LogP) is 3.53. The molecule has 0 unspecified atom stereocenters. The van der Waals surface area contributed by atoms with E-state index in [4.69, 9.17) is 16.3 Å². The Hall–Kier alpha value is -2.09. The molecule has 0 aliphatic heterocycles. The van der Waals surface area contributed by atoms with Crippen molar-refractivity contribution in [3.63, 3.8) is 0 Å². The van der Waals surface area contributed by atoms with Gasteiger partial charge in [-0.25, -0.2) is 13.1 Å². The number of sulfonamides is 1. The molecular formula is C20H25ClN2O4S. The Kier molecular flexibility index (Phi) is 7.86. The van der Waals surface area contributed by atoms with Gasteiger partial charge >= 0.3 is 0 Å². The number of benzene rings is 2. The molecule has 2 rings (SSSR count). The van der Waals surface area contributed by atoms with Gasteiger partial charge in [-0.2, -0.15) is 0 Å². The highest BCUT2D eigenvalue weighted by Gasteiger charge is 2.20. The maximum atomic E-state index is 12.6. The van der Waals surface area contributed by atoms with Crippen LogP contribution < -0.4 is 14.8 Å². The number of halogens is 1. The summed E-state index contributed by atoms with van der Waals surface area (Å²) in [6, 6.07) is 13.0. The van der Waals surface area contributed by atoms with Gasteiger partial charge < -0.3 is 10.1 Å². The van der Waals surface area contributed by atoms with Crippen molar-refractivity contribution in [2.45, 2.75) is 31.7 Å². The lowest BCUT2D eigenvalue weighted by Crippen LogP contribution is -2.31. The fraction of sp³-hybridized carbons (Fsp3) is 0.350. The van der Waals surface area contributed by atoms with Crippen LogP contribution in [0.4, 0.5) is 0 Å². The lowest BCUT2D eigenvalue weighted by molar-refractivity contribution is -0.123. The lowest BCUT2D eigenvalue weighted by atomic mass is 10.1. The first-order chi connectivity index (χ1) is 13.2. The minimum absolute atomic E-state index is 0.0249. The molecule has 28 heavy (non-hydrogen) atoms. The minimum Gasteiger partial charge on any atom is -0.482 e. The van der Waals surface area contributed by atoms with E-state index in [1.54, 1.807) is 6.92 Å². The van der Waals surface area contributed by atoms with Crippen LogP contribution in [0.3, 0.4) is 0 Å². The Morgan fingerprint density at radius 2 is 1.79 bits per heavy atom. The largest absolute Gasteiger partial charge is 0.482 e. The van der Waals surface area contributed by atoms with E-state index in [9.17, 15) is 13.2 Å². The maximum Gasteiger partial charge on any atom is 0.257 e. The van der Waals surface area contributed by atoms with Crippen molar-refractivity contribution in [3.8, 4) is 5.75 Å². The highest BCUT2D eigenvalue weighted by atomic mass is 35.5. The number of nitrogens with one attached hydrogen (secondary N) is 2. The minimum atomic E-state index is -3.77. The summed E-state index contributed by atoms with van der Waals surface area (Å²) < 4.78 is 33.3. The third-order valence-corrected chi connectivity index (χ3v) is 5.75. The summed E-state index contributed by atoms with van der Waals surface area (Å²) in [6.45, 7) is 6.11. The van der Waals surface area contributed by atoms with E-state index in [2.05, 4.69) is 10.0 Å². The van der Waals surface area contributed by atoms with Gasteiger partial charge in [-0.05, 0) is 36.6 Å². The zero-order valence-electron chi connectivity index (χ0n) is 16.1. The summed E-state index contributed by atoms with van der Waals surface area (Å²) in [5.74, 6) is 0.319. The Morgan fingerprint density at radius 3 is 2.39 bits per heavy atom. The fourth-order valence-corrected chi connectivity index (χ4v) is 3.95. The van der Waals surface area contributed by atoms with Crippen LogP contribution in [0.1, 0.15) is 32.4 Å². The van der Waals surface area contributed by atoms with E-state index < -0.39 is 16.1 Å². The van der Waals surface area contributed by atoms with Crippen molar-refractivity contribution in [3.05, 3.63) is 59.1 Å². The Morgan fingerprint density at radius 1 is 1.11 bits per heavy atom. The molecule has 0 heterocycles. The zero-order valence-corrected chi connectivity index (χ0v) is 17.7. The molecule has 0 aliphatic rings. The molecular weight excluding hydrogens is 400 g/mol. The first-order valence-electron chi connectivity index (χ1n) is 8.95. The number of rotatable bonds is 9. The molecule has 0 bridgehead atoms. The quantitative estimate of drug-likeness (QED) is 0.644. The first-order valence-corrected chi connectivity index (χ1v) is 10.8. The van der Waals surface area contributed by atoms with E-state index in [0.29, 0.717) is 12.5 Å². The number of hydrogen-bond donors (Lipinski definition) is 2. The monoisotopic (exact) mass is 424 g/mol. The SMILES string of the molecule is CC(C)CNC(=O)COc1ccc(S(=O)(=O)N[C@@H](C)c2ccccc2)cc1Cl. The summed E-state index contributed by atoms with van der Waals surface area (Å²) >= 11 is 6.15. The van der Waals surface area contributed by atoms with Crippen LogP contribution in [-0.2, 0) is 14.8 Å². The molecule has 152 valence electrons. The van der Waals surface area contributed by atoms with Gasteiger partial charge in [0.15, 0.2) is 6.61 Å². The average Bonchev–Trinajstić information content (AvgIpc) is 2.65. The van der Waals surface area contributed by atoms with Gasteiger partial charge in [0.2, 0.25) is 10.0 Å². The average molecular weight is 425 g/mol. The number of ether oxygens (including phenoxy) is 1. The van der Waals surface area contributed by atoms with E-state index in [1.807, 2.05) is 44.2 Å². The van der Waals surface area contributed by atoms with Gasteiger partial charge in [-0.3, -0.25) is 4.79 Å². The van der Waals surface area contributed by atoms with Gasteiger partial charge in [-0.15, -0.1) is 0 Å². The molecule has 1 atom stereocenters. The van der Waals surface area contributed by atoms with Crippen LogP contribution in [-0.4, -0.2) is 27.5 Å². The van der Waals surface area contributed by atoms with Crippen molar-refractivity contribution in [2.75, 3.05) is 13.2 Å². The first kappa shape index (κ1) is 22.2. The van der Waals surface area contributed by atoms with Gasteiger partial charge in [0.25, 0.3) is 5.91 Å². The van der Waals surface area contributed by atoms with Gasteiger partial charge in [-0.1, -0.05) is 55.8 Å². The Balaban J connectivity index is 2.03. The summed E-state index contributed by atoms with van der Waals surface area (Å²) in [4.78, 5) is 11.8. The molecule has 0 fully saturated rings. The summed E-state index contributed by atoms with van der Waals surface area (Å²) in [7, 11) is -3.77. The van der Waals surface area contributed by atoms with Crippen molar-refractivity contribution in [2.24, 2.45) is 5.92 Å². The predicted molar refractivity (Wildman–Crippen MR) is 110 cm³/mol. The molecule has 2 aromatic carbocycles. The normalized spacial score (nSPS) is 12.6. The molecule has 2 aromatic rings. The Labute approximate surface area is 171 Å². The second kappa shape index (κ2) is 9.91. The van der Waals surface area contributed by atoms with Gasteiger partial charge in [0.1, 0.15) is 5.75 Å². The van der Waals surface area contributed by atoms with Crippen LogP contribution in [0, 0.1) is 5.92 Å². The zero-order chi connectivity index (χ0) is 20.7. The molecule has 6 nitrogen and oxygen atoms in total. The van der Waals surface area contributed by atoms with Crippen LogP contribution >= 0.6 is 11.6 Å². The lowest BCUT2D eigenvalue weighted by Gasteiger charge is -2.15. The Bertz CT molecular complexity index is 902. The highest BCUT2D eigenvalue weighted by molar-refractivity contribution is 7.89. The second-order valence-electron chi connectivity index (χ2n) is 6.83. The molecule has 0 aliphatic carbocycles. The third-order valence-electron chi connectivity index (χ3n) is 3.91. The van der Waals surface area contributed by atoms with E-state index in [0.717, 1.165) is 5.56 Å². The van der Waals surface area contributed by atoms with Crippen LogP contribution in [0.5, 0.6) is 5.75 Å². The topological polar surface area (TPSA) is 84.5 Å². The molecule has 0 saturated carbocycles. The maximum absolute atomic E-state index is 12.6. The van der Waals surface area contributed by atoms with Crippen molar-refractivity contribution in [1.82, 2.24) is 10.0 Å². The number of amides is 1. The number of carbonyl (C=O) groups is 1. The van der Waals surface area contributed by atoms with Crippen LogP contribution in [0.2, 0.25) is 5.02 Å².